The molecular weight excluding hydrogens is 447 g/mol. The van der Waals surface area contributed by atoms with Crippen LogP contribution >= 0.6 is 0 Å². The number of rotatable bonds is 3. The highest BCUT2D eigenvalue weighted by Gasteiger charge is 2.51. The van der Waals surface area contributed by atoms with Crippen LogP contribution in [-0.2, 0) is 9.31 Å². The number of benzene rings is 2. The van der Waals surface area contributed by atoms with E-state index >= 15 is 0 Å². The Hall–Kier alpha value is -2.59. The van der Waals surface area contributed by atoms with Crippen molar-refractivity contribution in [2.75, 3.05) is 0 Å². The molecule has 0 amide bonds. The fourth-order valence-electron chi connectivity index (χ4n) is 4.94. The number of imidazole rings is 1. The van der Waals surface area contributed by atoms with E-state index in [1.165, 1.54) is 18.5 Å². The lowest BCUT2D eigenvalue weighted by Crippen LogP contribution is -2.41. The van der Waals surface area contributed by atoms with Gasteiger partial charge in [0.1, 0.15) is 5.82 Å². The fourth-order valence-corrected chi connectivity index (χ4v) is 8.01. The SMILES string of the molecule is CC1(C)OB(c2ccc(C#Cc3ccc(-c4cnc([C@H]5CC[Si](C)(C)C5)[nH]4)cc3)cc2)OC1(C)C. The van der Waals surface area contributed by atoms with Gasteiger partial charge >= 0.3 is 7.12 Å². The molecule has 2 fully saturated rings. The molecule has 0 saturated carbocycles. The second-order valence-corrected chi connectivity index (χ2v) is 17.1. The highest BCUT2D eigenvalue weighted by atomic mass is 28.3. The molecule has 0 unspecified atom stereocenters. The van der Waals surface area contributed by atoms with Crippen molar-refractivity contribution >= 4 is 20.7 Å². The monoisotopic (exact) mass is 482 g/mol. The third-order valence-electron chi connectivity index (χ3n) is 7.93. The molecule has 2 aromatic carbocycles. The van der Waals surface area contributed by atoms with Gasteiger partial charge in [0.25, 0.3) is 0 Å². The minimum absolute atomic E-state index is 0.338. The van der Waals surface area contributed by atoms with Crippen LogP contribution in [0.1, 0.15) is 57.0 Å². The molecule has 5 rings (SSSR count). The number of hydrogen-bond acceptors (Lipinski definition) is 3. The van der Waals surface area contributed by atoms with Crippen molar-refractivity contribution in [1.82, 2.24) is 9.97 Å². The van der Waals surface area contributed by atoms with Gasteiger partial charge in [0.2, 0.25) is 0 Å². The van der Waals surface area contributed by atoms with Crippen molar-refractivity contribution in [3.63, 3.8) is 0 Å². The van der Waals surface area contributed by atoms with Gasteiger partial charge in [0.05, 0.1) is 23.1 Å². The van der Waals surface area contributed by atoms with Gasteiger partial charge in [0, 0.05) is 25.1 Å². The van der Waals surface area contributed by atoms with Crippen molar-refractivity contribution in [1.29, 1.82) is 0 Å². The molecule has 3 heterocycles. The molecule has 2 aliphatic rings. The van der Waals surface area contributed by atoms with E-state index < -0.39 is 8.07 Å². The average Bonchev–Trinajstić information content (AvgIpc) is 3.49. The van der Waals surface area contributed by atoms with E-state index in [-0.39, 0.29) is 18.3 Å². The van der Waals surface area contributed by atoms with E-state index in [1.807, 2.05) is 30.5 Å². The maximum Gasteiger partial charge on any atom is 0.494 e. The molecule has 0 spiro atoms. The van der Waals surface area contributed by atoms with Gasteiger partial charge < -0.3 is 14.3 Å². The lowest BCUT2D eigenvalue weighted by molar-refractivity contribution is 0.00578. The Morgan fingerprint density at radius 3 is 2.03 bits per heavy atom. The van der Waals surface area contributed by atoms with E-state index in [0.717, 1.165) is 33.7 Å². The number of nitrogens with one attached hydrogen (secondary N) is 1. The summed E-state index contributed by atoms with van der Waals surface area (Å²) in [6.45, 7) is 13.3. The van der Waals surface area contributed by atoms with Gasteiger partial charge in [-0.05, 0) is 75.5 Å². The molecule has 0 bridgehead atoms. The number of aromatic amines is 1. The van der Waals surface area contributed by atoms with Gasteiger partial charge in [-0.25, -0.2) is 4.98 Å². The molecule has 4 nitrogen and oxygen atoms in total. The largest absolute Gasteiger partial charge is 0.494 e. The molecule has 3 aromatic rings. The zero-order valence-corrected chi connectivity index (χ0v) is 22.7. The summed E-state index contributed by atoms with van der Waals surface area (Å²) in [4.78, 5) is 8.29. The summed E-state index contributed by atoms with van der Waals surface area (Å²) in [6.07, 6.45) is 3.25. The minimum Gasteiger partial charge on any atom is -0.399 e. The minimum atomic E-state index is -1.01. The van der Waals surface area contributed by atoms with Gasteiger partial charge in [0.15, 0.2) is 0 Å². The Balaban J connectivity index is 1.24. The lowest BCUT2D eigenvalue weighted by Gasteiger charge is -2.32. The average molecular weight is 483 g/mol. The van der Waals surface area contributed by atoms with Crippen molar-refractivity contribution < 1.29 is 9.31 Å². The Bertz CT molecular complexity index is 1250. The highest BCUT2D eigenvalue weighted by Crippen LogP contribution is 2.40. The first-order valence-electron chi connectivity index (χ1n) is 12.6. The summed E-state index contributed by atoms with van der Waals surface area (Å²) in [6, 6.07) is 19.3. The number of hydrogen-bond donors (Lipinski definition) is 1. The third-order valence-corrected chi connectivity index (χ3v) is 11.2. The van der Waals surface area contributed by atoms with Crippen molar-refractivity contribution in [2.45, 2.75) is 76.4 Å². The molecule has 2 aliphatic heterocycles. The predicted molar refractivity (Wildman–Crippen MR) is 147 cm³/mol. The van der Waals surface area contributed by atoms with Gasteiger partial charge in [-0.1, -0.05) is 55.2 Å². The quantitative estimate of drug-likeness (QED) is 0.370. The highest BCUT2D eigenvalue weighted by molar-refractivity contribution is 6.78. The normalized spacial score (nSPS) is 22.1. The smallest absolute Gasteiger partial charge is 0.399 e. The van der Waals surface area contributed by atoms with E-state index in [4.69, 9.17) is 14.3 Å². The Morgan fingerprint density at radius 2 is 1.49 bits per heavy atom. The molecule has 35 heavy (non-hydrogen) atoms. The lowest BCUT2D eigenvalue weighted by atomic mass is 9.79. The van der Waals surface area contributed by atoms with Gasteiger partial charge in [-0.2, -0.15) is 0 Å². The molecule has 1 atom stereocenters. The predicted octanol–water partition coefficient (Wildman–Crippen LogP) is 5.97. The second-order valence-electron chi connectivity index (χ2n) is 11.8. The van der Waals surface area contributed by atoms with E-state index in [1.54, 1.807) is 0 Å². The first kappa shape index (κ1) is 24.1. The number of nitrogens with zero attached hydrogens (tertiary/aromatic N) is 1. The summed E-state index contributed by atoms with van der Waals surface area (Å²) < 4.78 is 12.3. The Labute approximate surface area is 211 Å². The molecule has 1 N–H and O–H groups in total. The standard InChI is InChI=1S/C29H35BN2O2Si/c1-28(2)29(3,4)34-30(33-28)25-15-11-22(12-16-25)8-7-21-9-13-23(14-10-21)26-19-31-27(32-26)24-17-18-35(5,6)20-24/h9-16,19,24H,17-18,20H2,1-6H3,(H,31,32)/t24-/m0/s1. The molecule has 180 valence electrons. The first-order valence-corrected chi connectivity index (χ1v) is 16.1. The van der Waals surface area contributed by atoms with Gasteiger partial charge in [-0.15, -0.1) is 0 Å². The van der Waals surface area contributed by atoms with E-state index in [9.17, 15) is 0 Å². The maximum absolute atomic E-state index is 6.14. The number of aromatic nitrogens is 2. The van der Waals surface area contributed by atoms with Crippen LogP contribution in [0, 0.1) is 11.8 Å². The molecule has 1 aromatic heterocycles. The molecule has 0 radical (unpaired) electrons. The van der Waals surface area contributed by atoms with Crippen molar-refractivity contribution in [2.24, 2.45) is 0 Å². The maximum atomic E-state index is 6.14. The van der Waals surface area contributed by atoms with E-state index in [2.05, 4.69) is 81.9 Å². The molecule has 2 saturated heterocycles. The Kier molecular flexibility index (Phi) is 6.07. The zero-order chi connectivity index (χ0) is 24.8. The van der Waals surface area contributed by atoms with Crippen LogP contribution in [0.25, 0.3) is 11.3 Å². The van der Waals surface area contributed by atoms with Crippen LogP contribution in [0.3, 0.4) is 0 Å². The summed E-state index contributed by atoms with van der Waals surface area (Å²) in [7, 11) is -1.36. The van der Waals surface area contributed by atoms with Gasteiger partial charge in [-0.3, -0.25) is 0 Å². The van der Waals surface area contributed by atoms with Crippen LogP contribution in [-0.4, -0.2) is 36.4 Å². The van der Waals surface area contributed by atoms with Crippen LogP contribution < -0.4 is 5.46 Å². The summed E-state index contributed by atoms with van der Waals surface area (Å²) >= 11 is 0. The molecule has 0 aliphatic carbocycles. The topological polar surface area (TPSA) is 47.1 Å². The van der Waals surface area contributed by atoms with Crippen LogP contribution in [0.5, 0.6) is 0 Å². The molecule has 6 heteroatoms. The summed E-state index contributed by atoms with van der Waals surface area (Å²) in [5, 5.41) is 0. The summed E-state index contributed by atoms with van der Waals surface area (Å²) in [5.74, 6) is 8.31. The van der Waals surface area contributed by atoms with Crippen molar-refractivity contribution in [3.05, 3.63) is 71.7 Å². The Morgan fingerprint density at radius 1 is 0.914 bits per heavy atom. The molecular formula is C29H35BN2O2Si. The summed E-state index contributed by atoms with van der Waals surface area (Å²) in [5.41, 5.74) is 4.53. The third kappa shape index (κ3) is 5.04. The fraction of sp³-hybridized carbons (Fsp3) is 0.414. The number of H-pyrrole nitrogens is 1. The van der Waals surface area contributed by atoms with Crippen LogP contribution in [0.4, 0.5) is 0 Å². The first-order chi connectivity index (χ1) is 16.5. The van der Waals surface area contributed by atoms with E-state index in [0.29, 0.717) is 5.92 Å². The zero-order valence-electron chi connectivity index (χ0n) is 21.7. The second kappa shape index (κ2) is 8.81. The van der Waals surface area contributed by atoms with Crippen LogP contribution in [0.15, 0.2) is 54.7 Å². The van der Waals surface area contributed by atoms with Crippen molar-refractivity contribution in [3.8, 4) is 23.1 Å². The van der Waals surface area contributed by atoms with Crippen LogP contribution in [0.2, 0.25) is 25.2 Å².